The maximum atomic E-state index is 13.2. The van der Waals surface area contributed by atoms with Gasteiger partial charge in [0.1, 0.15) is 17.8 Å². The van der Waals surface area contributed by atoms with Gasteiger partial charge in [-0.25, -0.2) is 4.79 Å². The van der Waals surface area contributed by atoms with Gasteiger partial charge in [-0.1, -0.05) is 32.9 Å². The summed E-state index contributed by atoms with van der Waals surface area (Å²) in [7, 11) is 1.67. The summed E-state index contributed by atoms with van der Waals surface area (Å²) in [5, 5.41) is 5.98. The van der Waals surface area contributed by atoms with Crippen molar-refractivity contribution in [2.45, 2.75) is 77.4 Å². The highest BCUT2D eigenvalue weighted by Gasteiger charge is 2.53. The second kappa shape index (κ2) is 10.2. The van der Waals surface area contributed by atoms with Gasteiger partial charge in [0.05, 0.1) is 7.11 Å². The first-order valence-corrected chi connectivity index (χ1v) is 12.9. The first-order chi connectivity index (χ1) is 16.6. The zero-order valence-corrected chi connectivity index (χ0v) is 21.6. The summed E-state index contributed by atoms with van der Waals surface area (Å²) in [4.78, 5) is 42.0. The van der Waals surface area contributed by atoms with Crippen molar-refractivity contribution in [2.75, 3.05) is 26.7 Å². The van der Waals surface area contributed by atoms with Crippen molar-refractivity contribution >= 4 is 17.8 Å². The lowest BCUT2D eigenvalue weighted by molar-refractivity contribution is -0.136. The Labute approximate surface area is 208 Å². The van der Waals surface area contributed by atoms with E-state index in [2.05, 4.69) is 42.4 Å². The van der Waals surface area contributed by atoms with Gasteiger partial charge in [-0.2, -0.15) is 0 Å². The van der Waals surface area contributed by atoms with Gasteiger partial charge in [0.2, 0.25) is 5.91 Å². The van der Waals surface area contributed by atoms with Crippen molar-refractivity contribution < 1.29 is 19.1 Å². The molecule has 1 aromatic carbocycles. The molecule has 0 unspecified atom stereocenters. The maximum Gasteiger partial charge on any atom is 0.325 e. The van der Waals surface area contributed by atoms with Crippen molar-refractivity contribution in [3.05, 3.63) is 29.8 Å². The topological polar surface area (TPSA) is 91.0 Å². The molecule has 8 nitrogen and oxygen atoms in total. The molecule has 3 fully saturated rings. The van der Waals surface area contributed by atoms with Crippen LogP contribution in [-0.4, -0.2) is 66.0 Å². The van der Waals surface area contributed by atoms with E-state index in [1.165, 1.54) is 5.56 Å². The fraction of sp³-hybridized carbons (Fsp3) is 0.667. The molecule has 1 aliphatic carbocycles. The predicted octanol–water partition coefficient (Wildman–Crippen LogP) is 3.30. The van der Waals surface area contributed by atoms with Crippen molar-refractivity contribution in [3.8, 4) is 5.75 Å². The van der Waals surface area contributed by atoms with Crippen molar-refractivity contribution in [1.29, 1.82) is 0 Å². The fourth-order valence-electron chi connectivity index (χ4n) is 5.82. The molecule has 0 aromatic heterocycles. The molecular formula is C27H40N4O4. The number of carbonyl (C=O) groups excluding carboxylic acids is 3. The van der Waals surface area contributed by atoms with E-state index >= 15 is 0 Å². The highest BCUT2D eigenvalue weighted by Crippen LogP contribution is 2.43. The molecular weight excluding hydrogens is 444 g/mol. The van der Waals surface area contributed by atoms with Crippen LogP contribution in [0.4, 0.5) is 4.79 Å². The molecule has 1 spiro atoms. The van der Waals surface area contributed by atoms with Gasteiger partial charge in [0.25, 0.3) is 5.91 Å². The number of ether oxygens (including phenoxy) is 1. The number of piperidine rings is 1. The molecule has 4 rings (SSSR count). The molecule has 3 aliphatic rings. The summed E-state index contributed by atoms with van der Waals surface area (Å²) in [6.07, 6.45) is 4.78. The highest BCUT2D eigenvalue weighted by atomic mass is 16.5. The third kappa shape index (κ3) is 5.80. The SMILES string of the molecule is COc1cccc(CN2CCC(NC(=O)CN3C(=O)NC4(CCC(C(C)(C)C)CC4)C3=O)CC2)c1. The number of rotatable bonds is 6. The third-order valence-electron chi connectivity index (χ3n) is 8.10. The van der Waals surface area contributed by atoms with Gasteiger partial charge < -0.3 is 15.4 Å². The van der Waals surface area contributed by atoms with Crippen LogP contribution in [0.1, 0.15) is 64.9 Å². The Morgan fingerprint density at radius 3 is 2.46 bits per heavy atom. The molecule has 1 saturated carbocycles. The number of likely N-dealkylation sites (tertiary alicyclic amines) is 1. The van der Waals surface area contributed by atoms with E-state index in [9.17, 15) is 14.4 Å². The summed E-state index contributed by atoms with van der Waals surface area (Å²) in [5.41, 5.74) is 0.567. The summed E-state index contributed by atoms with van der Waals surface area (Å²) in [6.45, 7) is 9.07. The number of urea groups is 1. The molecule has 0 bridgehead atoms. The Hall–Kier alpha value is -2.61. The Morgan fingerprint density at radius 2 is 1.83 bits per heavy atom. The lowest BCUT2D eigenvalue weighted by Crippen LogP contribution is -2.51. The standard InChI is InChI=1S/C27H40N4O4/c1-26(2,3)20-8-12-27(13-9-20)24(33)31(25(34)29-27)18-23(32)28-21-10-14-30(15-11-21)17-19-6-5-7-22(16-19)35-4/h5-7,16,20-21H,8-15,17-18H2,1-4H3,(H,28,32)(H,29,34). The largest absolute Gasteiger partial charge is 0.497 e. The number of amides is 4. The molecule has 2 aliphatic heterocycles. The van der Waals surface area contributed by atoms with Crippen LogP contribution in [0.15, 0.2) is 24.3 Å². The summed E-state index contributed by atoms with van der Waals surface area (Å²) in [5.74, 6) is 0.887. The van der Waals surface area contributed by atoms with Crippen LogP contribution in [0.2, 0.25) is 0 Å². The van der Waals surface area contributed by atoms with Crippen molar-refractivity contribution in [1.82, 2.24) is 20.4 Å². The second-order valence-corrected chi connectivity index (χ2v) is 11.5. The molecule has 0 radical (unpaired) electrons. The normalized spacial score (nSPS) is 26.2. The van der Waals surface area contributed by atoms with E-state index in [1.54, 1.807) is 7.11 Å². The van der Waals surface area contributed by atoms with E-state index in [0.717, 1.165) is 56.0 Å². The van der Waals surface area contributed by atoms with Crippen LogP contribution in [0.3, 0.4) is 0 Å². The summed E-state index contributed by atoms with van der Waals surface area (Å²) >= 11 is 0. The van der Waals surface area contributed by atoms with Crippen LogP contribution < -0.4 is 15.4 Å². The summed E-state index contributed by atoms with van der Waals surface area (Å²) < 4.78 is 5.31. The first kappa shape index (κ1) is 25.5. The molecule has 192 valence electrons. The highest BCUT2D eigenvalue weighted by molar-refractivity contribution is 6.09. The van der Waals surface area contributed by atoms with Gasteiger partial charge in [-0.05, 0) is 67.6 Å². The zero-order chi connectivity index (χ0) is 25.2. The third-order valence-corrected chi connectivity index (χ3v) is 8.10. The fourth-order valence-corrected chi connectivity index (χ4v) is 5.82. The lowest BCUT2D eigenvalue weighted by atomic mass is 9.67. The van der Waals surface area contributed by atoms with Gasteiger partial charge in [-0.15, -0.1) is 0 Å². The second-order valence-electron chi connectivity index (χ2n) is 11.5. The number of hydrogen-bond donors (Lipinski definition) is 2. The quantitative estimate of drug-likeness (QED) is 0.605. The molecule has 35 heavy (non-hydrogen) atoms. The zero-order valence-electron chi connectivity index (χ0n) is 21.6. The minimum atomic E-state index is -0.829. The van der Waals surface area contributed by atoms with Crippen molar-refractivity contribution in [3.63, 3.8) is 0 Å². The van der Waals surface area contributed by atoms with Gasteiger partial charge in [-0.3, -0.25) is 19.4 Å². The van der Waals surface area contributed by atoms with Crippen LogP contribution in [0.25, 0.3) is 0 Å². The van der Waals surface area contributed by atoms with E-state index in [4.69, 9.17) is 4.74 Å². The van der Waals surface area contributed by atoms with Crippen LogP contribution >= 0.6 is 0 Å². The molecule has 0 atom stereocenters. The van der Waals surface area contributed by atoms with Gasteiger partial charge in [0, 0.05) is 25.7 Å². The van der Waals surface area contributed by atoms with Crippen LogP contribution in [-0.2, 0) is 16.1 Å². The summed E-state index contributed by atoms with van der Waals surface area (Å²) in [6, 6.07) is 7.70. The number of nitrogens with one attached hydrogen (secondary N) is 2. The van der Waals surface area contributed by atoms with Gasteiger partial charge in [0.15, 0.2) is 0 Å². The first-order valence-electron chi connectivity index (χ1n) is 12.9. The molecule has 2 saturated heterocycles. The number of nitrogens with zero attached hydrogens (tertiary/aromatic N) is 2. The van der Waals surface area contributed by atoms with Crippen LogP contribution in [0, 0.1) is 11.3 Å². The number of hydrogen-bond acceptors (Lipinski definition) is 5. The minimum Gasteiger partial charge on any atom is -0.497 e. The van der Waals surface area contributed by atoms with E-state index in [0.29, 0.717) is 18.8 Å². The van der Waals surface area contributed by atoms with E-state index in [-0.39, 0.29) is 29.8 Å². The molecule has 2 heterocycles. The van der Waals surface area contributed by atoms with E-state index < -0.39 is 11.6 Å². The Bertz CT molecular complexity index is 941. The Kier molecular flexibility index (Phi) is 7.40. The van der Waals surface area contributed by atoms with E-state index in [1.807, 2.05) is 18.2 Å². The van der Waals surface area contributed by atoms with Crippen LogP contribution in [0.5, 0.6) is 5.75 Å². The predicted molar refractivity (Wildman–Crippen MR) is 134 cm³/mol. The number of benzene rings is 1. The Morgan fingerprint density at radius 1 is 1.14 bits per heavy atom. The van der Waals surface area contributed by atoms with Crippen molar-refractivity contribution in [2.24, 2.45) is 11.3 Å². The smallest absolute Gasteiger partial charge is 0.325 e. The van der Waals surface area contributed by atoms with Gasteiger partial charge >= 0.3 is 6.03 Å². The number of methoxy groups -OCH3 is 1. The monoisotopic (exact) mass is 484 g/mol. The number of carbonyl (C=O) groups is 3. The minimum absolute atomic E-state index is 0.0565. The average Bonchev–Trinajstić information content (AvgIpc) is 3.04. The molecule has 8 heteroatoms. The average molecular weight is 485 g/mol. The molecule has 4 amide bonds. The molecule has 1 aromatic rings. The lowest BCUT2D eigenvalue weighted by Gasteiger charge is -2.40. The Balaban J connectivity index is 1.24. The maximum absolute atomic E-state index is 13.2. The number of imide groups is 1. The molecule has 2 N–H and O–H groups in total.